The van der Waals surface area contributed by atoms with E-state index < -0.39 is 25.9 Å². The highest BCUT2D eigenvalue weighted by molar-refractivity contribution is 7.49. The number of carbonyl (C=O) groups is 1. The average molecular weight is 431 g/mol. The molecule has 2 saturated heterocycles. The number of aliphatic hydroxyl groups excluding tert-OH is 1. The van der Waals surface area contributed by atoms with E-state index in [1.54, 1.807) is 60.4 Å². The van der Waals surface area contributed by atoms with E-state index >= 15 is 0 Å². The Bertz CT molecular complexity index is 892. The number of benzene rings is 2. The molecule has 6 atom stereocenters. The third-order valence-corrected chi connectivity index (χ3v) is 7.26. The van der Waals surface area contributed by atoms with Crippen LogP contribution in [-0.2, 0) is 13.9 Å². The van der Waals surface area contributed by atoms with Crippen LogP contribution in [0.2, 0.25) is 0 Å². The molecule has 0 saturated carbocycles. The number of para-hydroxylation sites is 2. The number of aliphatic hydroxyl groups is 1. The fourth-order valence-electron chi connectivity index (χ4n) is 4.51. The van der Waals surface area contributed by atoms with E-state index in [1.807, 2.05) is 26.0 Å². The Morgan fingerprint density at radius 3 is 1.93 bits per heavy atom. The van der Waals surface area contributed by atoms with Crippen LogP contribution in [0.4, 0.5) is 0 Å². The van der Waals surface area contributed by atoms with Crippen LogP contribution < -0.4 is 9.05 Å². The molecular weight excluding hydrogens is 405 g/mol. The Morgan fingerprint density at radius 1 is 0.967 bits per heavy atom. The van der Waals surface area contributed by atoms with Crippen molar-refractivity contribution >= 4 is 13.7 Å². The molecule has 8 heteroatoms. The largest absolute Gasteiger partial charge is 0.587 e. The number of hydrogen-bond donors (Lipinski definition) is 1. The van der Waals surface area contributed by atoms with Crippen molar-refractivity contribution in [1.29, 1.82) is 0 Å². The maximum atomic E-state index is 13.7. The van der Waals surface area contributed by atoms with Gasteiger partial charge in [0.25, 0.3) is 0 Å². The minimum Gasteiger partial charge on any atom is -0.395 e. The second-order valence-electron chi connectivity index (χ2n) is 7.93. The van der Waals surface area contributed by atoms with Crippen LogP contribution in [0, 0.1) is 11.8 Å². The summed E-state index contributed by atoms with van der Waals surface area (Å²) in [6, 6.07) is 16.9. The molecule has 4 unspecified atom stereocenters. The maximum absolute atomic E-state index is 13.7. The Morgan fingerprint density at radius 2 is 1.47 bits per heavy atom. The molecule has 0 radical (unpaired) electrons. The van der Waals surface area contributed by atoms with Gasteiger partial charge in [-0.2, -0.15) is 0 Å². The van der Waals surface area contributed by atoms with Crippen molar-refractivity contribution in [3.63, 3.8) is 0 Å². The molecule has 1 amide bonds. The zero-order chi connectivity index (χ0) is 21.5. The highest BCUT2D eigenvalue weighted by Crippen LogP contribution is 2.55. The minimum absolute atomic E-state index is 0.108. The molecule has 7 nitrogen and oxygen atoms in total. The molecule has 1 N–H and O–H groups in total. The number of carbonyl (C=O) groups excluding carboxylic acids is 1. The maximum Gasteiger partial charge on any atom is 0.587 e. The third kappa shape index (κ3) is 3.73. The monoisotopic (exact) mass is 431 g/mol. The van der Waals surface area contributed by atoms with Crippen LogP contribution in [0.25, 0.3) is 0 Å². The lowest BCUT2D eigenvalue weighted by atomic mass is 9.79. The number of phosphoric ester groups is 1. The molecular formula is C22H26NO6P. The van der Waals surface area contributed by atoms with E-state index in [9.17, 15) is 14.5 Å². The van der Waals surface area contributed by atoms with E-state index in [4.69, 9.17) is 13.6 Å². The second-order valence-corrected chi connectivity index (χ2v) is 9.40. The Labute approximate surface area is 176 Å². The molecule has 30 heavy (non-hydrogen) atoms. The first-order valence-electron chi connectivity index (χ1n) is 10.1. The lowest BCUT2D eigenvalue weighted by Crippen LogP contribution is -2.64. The van der Waals surface area contributed by atoms with Gasteiger partial charge in [0, 0.05) is 5.92 Å². The van der Waals surface area contributed by atoms with E-state index in [0.717, 1.165) is 0 Å². The number of nitrogens with zero attached hydrogens (tertiary/aromatic N) is 1. The van der Waals surface area contributed by atoms with Gasteiger partial charge in [0.1, 0.15) is 11.5 Å². The standard InChI is InChI=1S/C22H26NO6P/c1-14-20-19(16(3)24)22(25)23(20)15(2)21(14)29-30(26,27-17-10-6-4-7-11-17)28-18-12-8-5-9-13-18/h4-16,19-21,24H,1-3H3/t14-,15?,16-,19?,20?,21?/m1/s1. The van der Waals surface area contributed by atoms with Gasteiger partial charge in [0.15, 0.2) is 0 Å². The van der Waals surface area contributed by atoms with Crippen LogP contribution in [0.5, 0.6) is 11.5 Å². The van der Waals surface area contributed by atoms with Gasteiger partial charge in [-0.25, -0.2) is 4.57 Å². The SMILES string of the molecule is CC1C(OP(=O)(Oc2ccccc2)Oc2ccccc2)[C@H](C)C2C([C@@H](C)O)C(=O)N12. The molecule has 160 valence electrons. The zero-order valence-electron chi connectivity index (χ0n) is 17.1. The molecule has 0 spiro atoms. The summed E-state index contributed by atoms with van der Waals surface area (Å²) in [5.41, 5.74) is 0. The second kappa shape index (κ2) is 8.06. The van der Waals surface area contributed by atoms with Crippen LogP contribution >= 0.6 is 7.82 Å². The molecule has 2 heterocycles. The summed E-state index contributed by atoms with van der Waals surface area (Å²) in [7, 11) is -4.08. The Hall–Kier alpha value is -2.34. The lowest BCUT2D eigenvalue weighted by Gasteiger charge is -2.47. The Balaban J connectivity index is 1.60. The summed E-state index contributed by atoms with van der Waals surface area (Å²) < 4.78 is 31.2. The molecule has 4 rings (SSSR count). The molecule has 2 aliphatic rings. The minimum atomic E-state index is -4.08. The van der Waals surface area contributed by atoms with E-state index in [2.05, 4.69) is 0 Å². The first-order valence-corrected chi connectivity index (χ1v) is 11.5. The topological polar surface area (TPSA) is 85.3 Å². The van der Waals surface area contributed by atoms with Crippen molar-refractivity contribution in [2.75, 3.05) is 0 Å². The first kappa shape index (κ1) is 20.9. The smallest absolute Gasteiger partial charge is 0.395 e. The van der Waals surface area contributed by atoms with Gasteiger partial charge >= 0.3 is 7.82 Å². The lowest BCUT2D eigenvalue weighted by molar-refractivity contribution is -0.164. The number of amides is 1. The summed E-state index contributed by atoms with van der Waals surface area (Å²) in [5, 5.41) is 10.0. The van der Waals surface area contributed by atoms with Crippen molar-refractivity contribution in [3.05, 3.63) is 60.7 Å². The van der Waals surface area contributed by atoms with Crippen molar-refractivity contribution in [3.8, 4) is 11.5 Å². The number of phosphoric acid groups is 1. The number of rotatable bonds is 7. The van der Waals surface area contributed by atoms with Crippen molar-refractivity contribution in [1.82, 2.24) is 4.90 Å². The summed E-state index contributed by atoms with van der Waals surface area (Å²) in [6.07, 6.45) is -1.32. The van der Waals surface area contributed by atoms with Crippen molar-refractivity contribution in [2.24, 2.45) is 11.8 Å². The molecule has 2 aliphatic heterocycles. The first-order chi connectivity index (χ1) is 14.3. The fourth-order valence-corrected chi connectivity index (χ4v) is 6.06. The molecule has 0 aromatic heterocycles. The van der Waals surface area contributed by atoms with E-state index in [-0.39, 0.29) is 23.9 Å². The van der Waals surface area contributed by atoms with Gasteiger partial charge in [-0.15, -0.1) is 0 Å². The molecule has 2 aromatic rings. The predicted octanol–water partition coefficient (Wildman–Crippen LogP) is 3.88. The van der Waals surface area contributed by atoms with Gasteiger partial charge in [-0.05, 0) is 38.1 Å². The summed E-state index contributed by atoms with van der Waals surface area (Å²) in [6.45, 7) is 5.41. The molecule has 2 aromatic carbocycles. The van der Waals surface area contributed by atoms with Crippen LogP contribution in [0.3, 0.4) is 0 Å². The van der Waals surface area contributed by atoms with Gasteiger partial charge < -0.3 is 19.1 Å². The molecule has 0 bridgehead atoms. The van der Waals surface area contributed by atoms with Crippen LogP contribution in [-0.4, -0.2) is 40.2 Å². The Kier molecular flexibility index (Phi) is 5.62. The molecule has 2 fully saturated rings. The quantitative estimate of drug-likeness (QED) is 0.529. The average Bonchev–Trinajstić information content (AvgIpc) is 2.90. The zero-order valence-corrected chi connectivity index (χ0v) is 18.0. The van der Waals surface area contributed by atoms with Crippen LogP contribution in [0.1, 0.15) is 20.8 Å². The third-order valence-electron chi connectivity index (χ3n) is 5.89. The van der Waals surface area contributed by atoms with Gasteiger partial charge in [-0.1, -0.05) is 43.3 Å². The predicted molar refractivity (Wildman–Crippen MR) is 111 cm³/mol. The molecule has 0 aliphatic carbocycles. The van der Waals surface area contributed by atoms with Crippen LogP contribution in [0.15, 0.2) is 60.7 Å². The summed E-state index contributed by atoms with van der Waals surface area (Å²) in [4.78, 5) is 14.2. The van der Waals surface area contributed by atoms with E-state index in [1.165, 1.54) is 0 Å². The summed E-state index contributed by atoms with van der Waals surface area (Å²) >= 11 is 0. The van der Waals surface area contributed by atoms with Gasteiger partial charge in [0.05, 0.1) is 30.2 Å². The van der Waals surface area contributed by atoms with Crippen molar-refractivity contribution in [2.45, 2.75) is 45.1 Å². The number of fused-ring (bicyclic) bond motifs is 1. The highest BCUT2D eigenvalue weighted by Gasteiger charge is 2.63. The fraction of sp³-hybridized carbons (Fsp3) is 0.409. The van der Waals surface area contributed by atoms with Gasteiger partial charge in [0.2, 0.25) is 5.91 Å². The van der Waals surface area contributed by atoms with Crippen molar-refractivity contribution < 1.29 is 28.0 Å². The van der Waals surface area contributed by atoms with E-state index in [0.29, 0.717) is 11.5 Å². The normalized spacial score (nSPS) is 29.1. The summed E-state index contributed by atoms with van der Waals surface area (Å²) in [5.74, 6) is -0.0133. The van der Waals surface area contributed by atoms with Gasteiger partial charge in [-0.3, -0.25) is 9.32 Å². The highest BCUT2D eigenvalue weighted by atomic mass is 31.2. The number of hydrogen-bond acceptors (Lipinski definition) is 6. The number of β-lactam (4-membered cyclic amide) rings is 1.